The van der Waals surface area contributed by atoms with Crippen LogP contribution in [0.25, 0.3) is 17.5 Å². The van der Waals surface area contributed by atoms with Gasteiger partial charge in [-0.25, -0.2) is 0 Å². The maximum Gasteiger partial charge on any atom is 0.274 e. The number of nitrogens with two attached hydrogens (primary N) is 1. The van der Waals surface area contributed by atoms with E-state index in [1.54, 1.807) is 73.8 Å². The number of rotatable bonds is 9. The van der Waals surface area contributed by atoms with Gasteiger partial charge in [0.15, 0.2) is 23.0 Å². The molecular formula is C33H30N4O7S. The zero-order chi connectivity index (χ0) is 32.2. The van der Waals surface area contributed by atoms with Crippen molar-refractivity contribution in [2.24, 2.45) is 5.73 Å². The number of ether oxygens (including phenoxy) is 5. The molecule has 1 aliphatic heterocycles. The Balaban J connectivity index is 1.79. The van der Waals surface area contributed by atoms with E-state index < -0.39 is 17.4 Å². The van der Waals surface area contributed by atoms with Gasteiger partial charge in [-0.05, 0) is 65.7 Å². The van der Waals surface area contributed by atoms with Gasteiger partial charge in [-0.3, -0.25) is 14.2 Å². The molecule has 1 amide bonds. The van der Waals surface area contributed by atoms with Crippen LogP contribution in [0.1, 0.15) is 17.0 Å². The third-order valence-corrected chi connectivity index (χ3v) is 8.42. The van der Waals surface area contributed by atoms with Crippen LogP contribution in [0.5, 0.6) is 28.7 Å². The van der Waals surface area contributed by atoms with Crippen molar-refractivity contribution in [1.82, 2.24) is 4.57 Å². The monoisotopic (exact) mass is 626 g/mol. The van der Waals surface area contributed by atoms with Crippen molar-refractivity contribution < 1.29 is 28.5 Å². The molecule has 0 aliphatic carbocycles. The van der Waals surface area contributed by atoms with Gasteiger partial charge in [0.25, 0.3) is 11.5 Å². The van der Waals surface area contributed by atoms with E-state index >= 15 is 0 Å². The molecule has 12 heteroatoms. The fraction of sp³-hybridized carbons (Fsp3) is 0.182. The summed E-state index contributed by atoms with van der Waals surface area (Å²) < 4.78 is 28.7. The number of fused-ring (bicyclic) bond motifs is 1. The topological polar surface area (TPSA) is 147 Å². The SMILES string of the molecule is COc1ccc(NC(=O)C2=c3s/c(=C\c4ccc(OC)c(OC)c4)c(=O)n3C(N)=C(C#N)C2c2ccc(OC)c(OC)c2)cc1. The Morgan fingerprint density at radius 1 is 0.889 bits per heavy atom. The molecule has 1 aromatic heterocycles. The van der Waals surface area contributed by atoms with Crippen molar-refractivity contribution in [3.63, 3.8) is 0 Å². The molecular weight excluding hydrogens is 596 g/mol. The number of amides is 1. The molecule has 5 rings (SSSR count). The molecule has 0 bridgehead atoms. The Labute approximate surface area is 262 Å². The Bertz CT molecular complexity index is 2040. The second kappa shape index (κ2) is 12.9. The largest absolute Gasteiger partial charge is 0.497 e. The van der Waals surface area contributed by atoms with Crippen LogP contribution in [-0.2, 0) is 4.79 Å². The summed E-state index contributed by atoms with van der Waals surface area (Å²) in [5.74, 6) is 0.986. The highest BCUT2D eigenvalue weighted by Crippen LogP contribution is 2.40. The fourth-order valence-corrected chi connectivity index (χ4v) is 6.27. The number of methoxy groups -OCH3 is 5. The Morgan fingerprint density at radius 3 is 2.11 bits per heavy atom. The van der Waals surface area contributed by atoms with Crippen LogP contribution in [0, 0.1) is 11.3 Å². The van der Waals surface area contributed by atoms with Crippen LogP contribution in [0.3, 0.4) is 0 Å². The van der Waals surface area contributed by atoms with Gasteiger partial charge in [0.2, 0.25) is 0 Å². The van der Waals surface area contributed by atoms with Gasteiger partial charge in [0, 0.05) is 5.69 Å². The number of carbonyl (C=O) groups is 1. The molecule has 0 radical (unpaired) electrons. The predicted octanol–water partition coefficient (Wildman–Crippen LogP) is 3.02. The van der Waals surface area contributed by atoms with Gasteiger partial charge < -0.3 is 34.7 Å². The second-order valence-corrected chi connectivity index (χ2v) is 10.8. The molecule has 3 aromatic carbocycles. The number of nitrogens with zero attached hydrogens (tertiary/aromatic N) is 2. The van der Waals surface area contributed by atoms with Gasteiger partial charge in [-0.15, -0.1) is 11.3 Å². The second-order valence-electron chi connectivity index (χ2n) is 9.73. The molecule has 1 atom stereocenters. The zero-order valence-electron chi connectivity index (χ0n) is 25.2. The van der Waals surface area contributed by atoms with Crippen molar-refractivity contribution in [3.05, 3.63) is 96.9 Å². The summed E-state index contributed by atoms with van der Waals surface area (Å²) in [5, 5.41) is 13.3. The maximum atomic E-state index is 14.2. The maximum absolute atomic E-state index is 14.2. The summed E-state index contributed by atoms with van der Waals surface area (Å²) in [4.78, 5) is 28.0. The third-order valence-electron chi connectivity index (χ3n) is 7.31. The molecule has 3 N–H and O–H groups in total. The molecule has 2 heterocycles. The molecule has 0 spiro atoms. The molecule has 0 saturated heterocycles. The molecule has 1 unspecified atom stereocenters. The number of benzene rings is 3. The van der Waals surface area contributed by atoms with E-state index in [0.717, 1.165) is 11.3 Å². The van der Waals surface area contributed by atoms with Crippen molar-refractivity contribution in [2.75, 3.05) is 40.9 Å². The lowest BCUT2D eigenvalue weighted by Crippen LogP contribution is -2.40. The first-order valence-corrected chi connectivity index (χ1v) is 14.4. The molecule has 0 saturated carbocycles. The molecule has 1 aliphatic rings. The molecule has 45 heavy (non-hydrogen) atoms. The minimum absolute atomic E-state index is 0.0344. The van der Waals surface area contributed by atoms with Crippen LogP contribution in [0.2, 0.25) is 0 Å². The smallest absolute Gasteiger partial charge is 0.274 e. The highest BCUT2D eigenvalue weighted by atomic mass is 32.1. The molecule has 230 valence electrons. The number of anilines is 1. The quantitative estimate of drug-likeness (QED) is 0.286. The summed E-state index contributed by atoms with van der Waals surface area (Å²) in [6, 6.07) is 19.3. The first kappa shape index (κ1) is 30.8. The molecule has 11 nitrogen and oxygen atoms in total. The number of hydrogen-bond donors (Lipinski definition) is 2. The van der Waals surface area contributed by atoms with E-state index in [1.807, 2.05) is 0 Å². The van der Waals surface area contributed by atoms with Crippen molar-refractivity contribution >= 4 is 40.4 Å². The van der Waals surface area contributed by atoms with Gasteiger partial charge in [-0.2, -0.15) is 5.26 Å². The van der Waals surface area contributed by atoms with E-state index in [9.17, 15) is 14.9 Å². The number of allylic oxidation sites excluding steroid dienone is 1. The minimum Gasteiger partial charge on any atom is -0.497 e. The fourth-order valence-electron chi connectivity index (χ4n) is 5.10. The average molecular weight is 627 g/mol. The lowest BCUT2D eigenvalue weighted by Gasteiger charge is -2.26. The number of hydrogen-bond acceptors (Lipinski definition) is 10. The van der Waals surface area contributed by atoms with E-state index in [-0.39, 0.29) is 21.6 Å². The molecule has 4 aromatic rings. The average Bonchev–Trinajstić information content (AvgIpc) is 3.39. The summed E-state index contributed by atoms with van der Waals surface area (Å²) in [5.41, 5.74) is 7.97. The summed E-state index contributed by atoms with van der Waals surface area (Å²) in [6.07, 6.45) is 1.67. The highest BCUT2D eigenvalue weighted by Gasteiger charge is 2.36. The number of aromatic nitrogens is 1. The van der Waals surface area contributed by atoms with Gasteiger partial charge in [0.05, 0.1) is 63.2 Å². The summed E-state index contributed by atoms with van der Waals surface area (Å²) >= 11 is 1.09. The van der Waals surface area contributed by atoms with E-state index in [1.165, 1.54) is 33.0 Å². The van der Waals surface area contributed by atoms with Crippen LogP contribution >= 0.6 is 11.3 Å². The van der Waals surface area contributed by atoms with Crippen LogP contribution in [0.15, 0.2) is 71.0 Å². The Hall–Kier alpha value is -5.67. The van der Waals surface area contributed by atoms with Crippen LogP contribution < -0.4 is 49.5 Å². The standard InChI is InChI=1S/C33H30N4O7S/c1-40-21-10-8-20(9-11-21)36-31(38)29-28(19-7-13-24(42-3)26(16-19)44-5)22(17-34)30(35)37-32(39)27(45-33(29)37)15-18-6-12-23(41-2)25(14-18)43-4/h6-16,28H,35H2,1-5H3,(H,36,38)/b27-15-. The Kier molecular flexibility index (Phi) is 8.83. The Morgan fingerprint density at radius 2 is 1.51 bits per heavy atom. The van der Waals surface area contributed by atoms with Crippen molar-refractivity contribution in [3.8, 4) is 34.8 Å². The van der Waals surface area contributed by atoms with E-state index in [0.29, 0.717) is 50.1 Å². The summed E-state index contributed by atoms with van der Waals surface area (Å²) in [6.45, 7) is 0. The number of nitrogens with one attached hydrogen (secondary N) is 1. The number of thiazole rings is 1. The number of nitriles is 1. The van der Waals surface area contributed by atoms with Gasteiger partial charge in [0.1, 0.15) is 16.2 Å². The lowest BCUT2D eigenvalue weighted by atomic mass is 9.83. The molecule has 0 fully saturated rings. The highest BCUT2D eigenvalue weighted by molar-refractivity contribution is 7.07. The van der Waals surface area contributed by atoms with Crippen LogP contribution in [-0.4, -0.2) is 46.0 Å². The van der Waals surface area contributed by atoms with E-state index in [4.69, 9.17) is 29.4 Å². The normalized spacial score (nSPS) is 14.4. The lowest BCUT2D eigenvalue weighted by molar-refractivity contribution is -0.111. The first-order valence-electron chi connectivity index (χ1n) is 13.6. The first-order chi connectivity index (χ1) is 21.8. The van der Waals surface area contributed by atoms with Crippen LogP contribution in [0.4, 0.5) is 5.69 Å². The zero-order valence-corrected chi connectivity index (χ0v) is 26.0. The van der Waals surface area contributed by atoms with Gasteiger partial charge in [-0.1, -0.05) is 12.1 Å². The third kappa shape index (κ3) is 5.69. The van der Waals surface area contributed by atoms with Crippen molar-refractivity contribution in [2.45, 2.75) is 5.92 Å². The van der Waals surface area contributed by atoms with E-state index in [2.05, 4.69) is 11.4 Å². The summed E-state index contributed by atoms with van der Waals surface area (Å²) in [7, 11) is 7.60. The van der Waals surface area contributed by atoms with Crippen molar-refractivity contribution in [1.29, 1.82) is 5.26 Å². The number of carbonyl (C=O) groups excluding carboxylic acids is 1. The van der Waals surface area contributed by atoms with Gasteiger partial charge >= 0.3 is 0 Å². The predicted molar refractivity (Wildman–Crippen MR) is 171 cm³/mol. The minimum atomic E-state index is -0.931.